The van der Waals surface area contributed by atoms with Crippen LogP contribution in [0.1, 0.15) is 11.3 Å². The Bertz CT molecular complexity index is 1150. The van der Waals surface area contributed by atoms with Crippen molar-refractivity contribution in [3.63, 3.8) is 0 Å². The van der Waals surface area contributed by atoms with Crippen molar-refractivity contribution in [1.82, 2.24) is 30.3 Å². The normalized spacial score (nSPS) is 17.5. The maximum absolute atomic E-state index is 4.86. The summed E-state index contributed by atoms with van der Waals surface area (Å²) < 4.78 is 0. The smallest absolute Gasteiger partial charge is 0.183 e. The highest BCUT2D eigenvalue weighted by Crippen LogP contribution is 2.24. The van der Waals surface area contributed by atoms with Gasteiger partial charge in [0.05, 0.1) is 11.7 Å². The number of aromatic amines is 1. The Balaban J connectivity index is 1.39. The van der Waals surface area contributed by atoms with Crippen molar-refractivity contribution in [3.8, 4) is 11.4 Å². The molecule has 7 nitrogen and oxygen atoms in total. The second-order valence-corrected chi connectivity index (χ2v) is 7.99. The Morgan fingerprint density at radius 3 is 2.83 bits per heavy atom. The highest BCUT2D eigenvalue weighted by Gasteiger charge is 2.26. The molecule has 1 aliphatic heterocycles. The van der Waals surface area contributed by atoms with E-state index < -0.39 is 0 Å². The molecule has 0 amide bonds. The molecular formula is C23H25N7. The maximum atomic E-state index is 4.86. The average Bonchev–Trinajstić information content (AvgIpc) is 3.16. The van der Waals surface area contributed by atoms with Crippen LogP contribution in [0.4, 0.5) is 5.82 Å². The Labute approximate surface area is 175 Å². The minimum absolute atomic E-state index is 0.435. The SMILES string of the molecule is Cc1[nH]nc2ccc(-c3nncc(N4CCN(C)C(Cc5ccccc5)C4)n3)cc12. The Morgan fingerprint density at radius 2 is 1.97 bits per heavy atom. The summed E-state index contributed by atoms with van der Waals surface area (Å²) in [6, 6.07) is 17.2. The molecular weight excluding hydrogens is 374 g/mol. The van der Waals surface area contributed by atoms with Gasteiger partial charge in [-0.25, -0.2) is 4.98 Å². The third-order valence-corrected chi connectivity index (χ3v) is 5.96. The van der Waals surface area contributed by atoms with Gasteiger partial charge >= 0.3 is 0 Å². The molecule has 3 heterocycles. The standard InChI is InChI=1S/C23H25N7/c1-16-20-13-18(8-9-21(20)27-26-16)23-25-22(14-24-28-23)30-11-10-29(2)19(15-30)12-17-6-4-3-5-7-17/h3-9,13-14,19H,10-12,15H2,1-2H3,(H,26,27). The molecule has 2 aromatic heterocycles. The van der Waals surface area contributed by atoms with Gasteiger partial charge in [0.2, 0.25) is 0 Å². The van der Waals surface area contributed by atoms with Crippen molar-refractivity contribution in [2.75, 3.05) is 31.6 Å². The Hall–Kier alpha value is -3.32. The Kier molecular flexibility index (Phi) is 4.88. The third kappa shape index (κ3) is 3.64. The number of nitrogens with one attached hydrogen (secondary N) is 1. The molecule has 5 rings (SSSR count). The molecule has 0 radical (unpaired) electrons. The summed E-state index contributed by atoms with van der Waals surface area (Å²) in [7, 11) is 2.21. The molecule has 1 aliphatic rings. The van der Waals surface area contributed by atoms with Gasteiger partial charge in [0.25, 0.3) is 0 Å². The number of anilines is 1. The fraction of sp³-hybridized carbons (Fsp3) is 0.304. The molecule has 4 aromatic rings. The number of likely N-dealkylation sites (N-methyl/N-ethyl adjacent to an activating group) is 1. The van der Waals surface area contributed by atoms with Crippen LogP contribution >= 0.6 is 0 Å². The predicted octanol–water partition coefficient (Wildman–Crippen LogP) is 3.09. The van der Waals surface area contributed by atoms with Crippen molar-refractivity contribution in [2.24, 2.45) is 0 Å². The number of piperazine rings is 1. The van der Waals surface area contributed by atoms with Crippen LogP contribution < -0.4 is 4.90 Å². The van der Waals surface area contributed by atoms with Crippen LogP contribution in [0.2, 0.25) is 0 Å². The van der Waals surface area contributed by atoms with E-state index in [0.717, 1.165) is 54.0 Å². The summed E-state index contributed by atoms with van der Waals surface area (Å²) in [4.78, 5) is 9.62. The monoisotopic (exact) mass is 399 g/mol. The minimum atomic E-state index is 0.435. The lowest BCUT2D eigenvalue weighted by Crippen LogP contribution is -2.52. The van der Waals surface area contributed by atoms with Gasteiger partial charge in [-0.15, -0.1) is 5.10 Å². The molecule has 152 valence electrons. The Morgan fingerprint density at radius 1 is 1.10 bits per heavy atom. The number of aryl methyl sites for hydroxylation is 1. The fourth-order valence-electron chi connectivity index (χ4n) is 4.11. The summed E-state index contributed by atoms with van der Waals surface area (Å²) in [5.74, 6) is 1.53. The van der Waals surface area contributed by atoms with Crippen molar-refractivity contribution in [2.45, 2.75) is 19.4 Å². The molecule has 1 N–H and O–H groups in total. The maximum Gasteiger partial charge on any atom is 0.183 e. The topological polar surface area (TPSA) is 73.8 Å². The molecule has 0 aliphatic carbocycles. The van der Waals surface area contributed by atoms with E-state index in [0.29, 0.717) is 11.9 Å². The van der Waals surface area contributed by atoms with Crippen LogP contribution in [-0.4, -0.2) is 63.0 Å². The predicted molar refractivity (Wildman–Crippen MR) is 118 cm³/mol. The van der Waals surface area contributed by atoms with Crippen molar-refractivity contribution in [3.05, 3.63) is 66.0 Å². The second-order valence-electron chi connectivity index (χ2n) is 7.99. The van der Waals surface area contributed by atoms with Gasteiger partial charge < -0.3 is 4.90 Å². The number of benzene rings is 2. The highest BCUT2D eigenvalue weighted by molar-refractivity contribution is 5.85. The number of H-pyrrole nitrogens is 1. The van der Waals surface area contributed by atoms with Crippen LogP contribution in [0.3, 0.4) is 0 Å². The molecule has 1 fully saturated rings. The van der Waals surface area contributed by atoms with Gasteiger partial charge in [0.1, 0.15) is 0 Å². The molecule has 0 bridgehead atoms. The minimum Gasteiger partial charge on any atom is -0.352 e. The van der Waals surface area contributed by atoms with Crippen LogP contribution in [-0.2, 0) is 6.42 Å². The van der Waals surface area contributed by atoms with Crippen LogP contribution in [0, 0.1) is 6.92 Å². The number of hydrogen-bond donors (Lipinski definition) is 1. The van der Waals surface area contributed by atoms with Gasteiger partial charge in [-0.05, 0) is 44.2 Å². The van der Waals surface area contributed by atoms with E-state index in [1.807, 2.05) is 19.1 Å². The molecule has 2 aromatic carbocycles. The largest absolute Gasteiger partial charge is 0.352 e. The lowest BCUT2D eigenvalue weighted by molar-refractivity contribution is 0.216. The molecule has 7 heteroatoms. The summed E-state index contributed by atoms with van der Waals surface area (Å²) in [5, 5.41) is 17.0. The van der Waals surface area contributed by atoms with E-state index in [9.17, 15) is 0 Å². The van der Waals surface area contributed by atoms with Crippen molar-refractivity contribution < 1.29 is 0 Å². The zero-order chi connectivity index (χ0) is 20.5. The zero-order valence-corrected chi connectivity index (χ0v) is 17.3. The molecule has 1 atom stereocenters. The zero-order valence-electron chi connectivity index (χ0n) is 17.3. The first kappa shape index (κ1) is 18.7. The number of rotatable bonds is 4. The van der Waals surface area contributed by atoms with Gasteiger partial charge in [-0.1, -0.05) is 30.3 Å². The van der Waals surface area contributed by atoms with Gasteiger partial charge in [0.15, 0.2) is 11.6 Å². The van der Waals surface area contributed by atoms with E-state index >= 15 is 0 Å². The van der Waals surface area contributed by atoms with E-state index in [-0.39, 0.29) is 0 Å². The van der Waals surface area contributed by atoms with Crippen LogP contribution in [0.5, 0.6) is 0 Å². The highest BCUT2D eigenvalue weighted by atomic mass is 15.3. The summed E-state index contributed by atoms with van der Waals surface area (Å²) >= 11 is 0. The number of fused-ring (bicyclic) bond motifs is 1. The summed E-state index contributed by atoms with van der Waals surface area (Å²) in [6.07, 6.45) is 2.80. The van der Waals surface area contributed by atoms with Crippen molar-refractivity contribution >= 4 is 16.7 Å². The second kappa shape index (κ2) is 7.84. The van der Waals surface area contributed by atoms with E-state index in [1.165, 1.54) is 5.56 Å². The van der Waals surface area contributed by atoms with Crippen LogP contribution in [0.25, 0.3) is 22.3 Å². The van der Waals surface area contributed by atoms with Gasteiger partial charge in [0, 0.05) is 42.3 Å². The van der Waals surface area contributed by atoms with E-state index in [4.69, 9.17) is 4.98 Å². The summed E-state index contributed by atoms with van der Waals surface area (Å²) in [6.45, 7) is 4.87. The summed E-state index contributed by atoms with van der Waals surface area (Å²) in [5.41, 5.74) is 4.31. The third-order valence-electron chi connectivity index (χ3n) is 5.96. The molecule has 0 saturated carbocycles. The molecule has 30 heavy (non-hydrogen) atoms. The lowest BCUT2D eigenvalue weighted by Gasteiger charge is -2.40. The average molecular weight is 400 g/mol. The molecule has 0 spiro atoms. The van der Waals surface area contributed by atoms with E-state index in [2.05, 4.69) is 73.6 Å². The first-order valence-corrected chi connectivity index (χ1v) is 10.3. The number of aromatic nitrogens is 5. The quantitative estimate of drug-likeness (QED) is 0.568. The van der Waals surface area contributed by atoms with Crippen molar-refractivity contribution in [1.29, 1.82) is 0 Å². The first-order valence-electron chi connectivity index (χ1n) is 10.3. The lowest BCUT2D eigenvalue weighted by atomic mass is 10.0. The number of nitrogens with zero attached hydrogens (tertiary/aromatic N) is 6. The van der Waals surface area contributed by atoms with E-state index in [1.54, 1.807) is 6.20 Å². The van der Waals surface area contributed by atoms with Gasteiger partial charge in [-0.3, -0.25) is 10.00 Å². The fourth-order valence-corrected chi connectivity index (χ4v) is 4.11. The van der Waals surface area contributed by atoms with Gasteiger partial charge in [-0.2, -0.15) is 10.2 Å². The molecule has 1 saturated heterocycles. The molecule has 1 unspecified atom stereocenters. The van der Waals surface area contributed by atoms with Crippen LogP contribution in [0.15, 0.2) is 54.7 Å². The number of hydrogen-bond acceptors (Lipinski definition) is 6. The first-order chi connectivity index (χ1) is 14.7.